The van der Waals surface area contributed by atoms with E-state index in [0.29, 0.717) is 15.8 Å². The molecule has 0 radical (unpaired) electrons. The van der Waals surface area contributed by atoms with Crippen molar-refractivity contribution >= 4 is 35.1 Å². The van der Waals surface area contributed by atoms with E-state index in [0.717, 1.165) is 12.8 Å². The summed E-state index contributed by atoms with van der Waals surface area (Å²) >= 11 is 11.6. The number of benzene rings is 1. The van der Waals surface area contributed by atoms with Crippen LogP contribution in [0.2, 0.25) is 10.0 Å². The molecule has 1 aliphatic carbocycles. The lowest BCUT2D eigenvalue weighted by molar-refractivity contribution is -0.122. The molecule has 1 aromatic carbocycles. The maximum Gasteiger partial charge on any atom is 0.321 e. The van der Waals surface area contributed by atoms with Gasteiger partial charge in [0.2, 0.25) is 0 Å². The van der Waals surface area contributed by atoms with E-state index in [1.165, 1.54) is 6.07 Å². The fraction of sp³-hybridized carbons (Fsp3) is 0.333. The molecule has 19 heavy (non-hydrogen) atoms. The number of hydrogen-bond acceptors (Lipinski definition) is 3. The van der Waals surface area contributed by atoms with Gasteiger partial charge in [0.05, 0.1) is 5.02 Å². The maximum atomic E-state index is 11.4. The van der Waals surface area contributed by atoms with Gasteiger partial charge >= 0.3 is 6.03 Å². The fourth-order valence-electron chi connectivity index (χ4n) is 1.35. The Kier molecular flexibility index (Phi) is 4.50. The van der Waals surface area contributed by atoms with Gasteiger partial charge in [0.25, 0.3) is 5.91 Å². The molecule has 1 saturated carbocycles. The van der Waals surface area contributed by atoms with E-state index in [2.05, 4.69) is 10.6 Å². The molecule has 7 heteroatoms. The smallest absolute Gasteiger partial charge is 0.321 e. The average Bonchev–Trinajstić information content (AvgIpc) is 3.11. The molecule has 0 spiro atoms. The zero-order valence-corrected chi connectivity index (χ0v) is 11.4. The molecule has 0 aliphatic heterocycles. The molecular formula is C12H12Cl2N2O3. The molecule has 5 nitrogen and oxygen atoms in total. The van der Waals surface area contributed by atoms with Gasteiger partial charge < -0.3 is 10.1 Å². The topological polar surface area (TPSA) is 67.4 Å². The summed E-state index contributed by atoms with van der Waals surface area (Å²) in [5.74, 6) is -0.201. The number of carbonyl (C=O) groups excluding carboxylic acids is 2. The van der Waals surface area contributed by atoms with E-state index in [-0.39, 0.29) is 12.6 Å². The third-order valence-electron chi connectivity index (χ3n) is 2.42. The first-order chi connectivity index (χ1) is 9.04. The van der Waals surface area contributed by atoms with Gasteiger partial charge in [0, 0.05) is 11.1 Å². The number of hydrogen-bond donors (Lipinski definition) is 2. The van der Waals surface area contributed by atoms with Crippen molar-refractivity contribution in [1.82, 2.24) is 10.6 Å². The van der Waals surface area contributed by atoms with Crippen LogP contribution in [-0.4, -0.2) is 24.6 Å². The van der Waals surface area contributed by atoms with Gasteiger partial charge in [-0.2, -0.15) is 0 Å². The van der Waals surface area contributed by atoms with Crippen molar-refractivity contribution in [1.29, 1.82) is 0 Å². The highest BCUT2D eigenvalue weighted by Crippen LogP contribution is 2.27. The molecule has 0 aromatic heterocycles. The second-order valence-electron chi connectivity index (χ2n) is 4.16. The van der Waals surface area contributed by atoms with Gasteiger partial charge in [-0.15, -0.1) is 0 Å². The summed E-state index contributed by atoms with van der Waals surface area (Å²) in [6, 6.07) is 4.36. The monoisotopic (exact) mass is 302 g/mol. The first-order valence-electron chi connectivity index (χ1n) is 5.73. The summed E-state index contributed by atoms with van der Waals surface area (Å²) in [5.41, 5.74) is 0. The van der Waals surface area contributed by atoms with Crippen LogP contribution in [0, 0.1) is 0 Å². The summed E-state index contributed by atoms with van der Waals surface area (Å²) < 4.78 is 5.19. The number of amides is 3. The lowest BCUT2D eigenvalue weighted by Gasteiger charge is -2.08. The minimum atomic E-state index is -0.538. The van der Waals surface area contributed by atoms with Crippen LogP contribution in [-0.2, 0) is 4.79 Å². The van der Waals surface area contributed by atoms with Crippen LogP contribution in [0.5, 0.6) is 5.75 Å². The Bertz CT molecular complexity index is 504. The van der Waals surface area contributed by atoms with Crippen molar-refractivity contribution in [3.05, 3.63) is 28.2 Å². The van der Waals surface area contributed by atoms with Crippen molar-refractivity contribution in [2.45, 2.75) is 18.9 Å². The highest BCUT2D eigenvalue weighted by atomic mass is 35.5. The van der Waals surface area contributed by atoms with Crippen LogP contribution in [0.15, 0.2) is 18.2 Å². The molecule has 0 heterocycles. The van der Waals surface area contributed by atoms with Crippen molar-refractivity contribution in [3.63, 3.8) is 0 Å². The summed E-state index contributed by atoms with van der Waals surface area (Å²) in [6.07, 6.45) is 1.91. The normalized spacial score (nSPS) is 13.8. The Morgan fingerprint density at radius 3 is 2.68 bits per heavy atom. The van der Waals surface area contributed by atoms with Gasteiger partial charge in [-0.25, -0.2) is 4.79 Å². The number of ether oxygens (including phenoxy) is 1. The van der Waals surface area contributed by atoms with E-state index in [9.17, 15) is 9.59 Å². The van der Waals surface area contributed by atoms with Gasteiger partial charge in [0.15, 0.2) is 6.61 Å². The number of rotatable bonds is 4. The van der Waals surface area contributed by atoms with Gasteiger partial charge in [-0.3, -0.25) is 10.1 Å². The quantitative estimate of drug-likeness (QED) is 0.897. The van der Waals surface area contributed by atoms with Crippen LogP contribution in [0.3, 0.4) is 0 Å². The second-order valence-corrected chi connectivity index (χ2v) is 5.00. The molecule has 1 aromatic rings. The standard InChI is InChI=1S/C12H12Cl2N2O3/c13-7-1-4-10(9(14)5-7)19-6-11(17)16-12(18)15-8-2-3-8/h1,4-5,8H,2-3,6H2,(H2,15,16,17,18). The SMILES string of the molecule is O=C(COc1ccc(Cl)cc1Cl)NC(=O)NC1CC1. The summed E-state index contributed by atoms with van der Waals surface area (Å²) in [4.78, 5) is 22.7. The van der Waals surface area contributed by atoms with Crippen LogP contribution < -0.4 is 15.4 Å². The lowest BCUT2D eigenvalue weighted by Crippen LogP contribution is -2.42. The molecule has 1 aliphatic rings. The molecule has 2 N–H and O–H groups in total. The molecule has 0 bridgehead atoms. The number of halogens is 2. The number of carbonyl (C=O) groups is 2. The van der Waals surface area contributed by atoms with E-state index < -0.39 is 11.9 Å². The molecule has 0 atom stereocenters. The highest BCUT2D eigenvalue weighted by Gasteiger charge is 2.23. The van der Waals surface area contributed by atoms with Crippen LogP contribution in [0.1, 0.15) is 12.8 Å². The third kappa shape index (κ3) is 4.61. The van der Waals surface area contributed by atoms with Gasteiger partial charge in [0.1, 0.15) is 5.75 Å². The minimum Gasteiger partial charge on any atom is -0.482 e. The molecule has 3 amide bonds. The fourth-order valence-corrected chi connectivity index (χ4v) is 1.81. The molecular weight excluding hydrogens is 291 g/mol. The van der Waals surface area contributed by atoms with Crippen LogP contribution >= 0.6 is 23.2 Å². The van der Waals surface area contributed by atoms with Crippen molar-refractivity contribution < 1.29 is 14.3 Å². The summed E-state index contributed by atoms with van der Waals surface area (Å²) in [5, 5.41) is 5.59. The lowest BCUT2D eigenvalue weighted by atomic mass is 10.3. The van der Waals surface area contributed by atoms with Crippen LogP contribution in [0.25, 0.3) is 0 Å². The molecule has 102 valence electrons. The Morgan fingerprint density at radius 1 is 1.32 bits per heavy atom. The van der Waals surface area contributed by atoms with Crippen molar-refractivity contribution in [2.24, 2.45) is 0 Å². The largest absolute Gasteiger partial charge is 0.482 e. The highest BCUT2D eigenvalue weighted by molar-refractivity contribution is 6.35. The Morgan fingerprint density at radius 2 is 2.05 bits per heavy atom. The first kappa shape index (κ1) is 14.0. The predicted octanol–water partition coefficient (Wildman–Crippen LogP) is 2.36. The van der Waals surface area contributed by atoms with Crippen LogP contribution in [0.4, 0.5) is 4.79 Å². The predicted molar refractivity (Wildman–Crippen MR) is 71.7 cm³/mol. The van der Waals surface area contributed by atoms with E-state index in [4.69, 9.17) is 27.9 Å². The zero-order chi connectivity index (χ0) is 13.8. The zero-order valence-electron chi connectivity index (χ0n) is 9.91. The van der Waals surface area contributed by atoms with Gasteiger partial charge in [-0.1, -0.05) is 23.2 Å². The van der Waals surface area contributed by atoms with Crippen molar-refractivity contribution in [2.75, 3.05) is 6.61 Å². The molecule has 2 rings (SSSR count). The Hall–Kier alpha value is -1.46. The van der Waals surface area contributed by atoms with E-state index in [1.807, 2.05) is 0 Å². The van der Waals surface area contributed by atoms with Crippen molar-refractivity contribution in [3.8, 4) is 5.75 Å². The maximum absolute atomic E-state index is 11.4. The number of urea groups is 1. The minimum absolute atomic E-state index is 0.194. The number of nitrogens with one attached hydrogen (secondary N) is 2. The first-order valence-corrected chi connectivity index (χ1v) is 6.48. The third-order valence-corrected chi connectivity index (χ3v) is 2.95. The van der Waals surface area contributed by atoms with E-state index in [1.54, 1.807) is 12.1 Å². The molecule has 0 saturated heterocycles. The molecule has 0 unspecified atom stereocenters. The van der Waals surface area contributed by atoms with E-state index >= 15 is 0 Å². The summed E-state index contributed by atoms with van der Waals surface area (Å²) in [7, 11) is 0. The second kappa shape index (κ2) is 6.12. The summed E-state index contributed by atoms with van der Waals surface area (Å²) in [6.45, 7) is -0.292. The average molecular weight is 303 g/mol. The Balaban J connectivity index is 1.77. The number of imide groups is 1. The molecule has 1 fully saturated rings. The Labute approximate surface area is 120 Å². The van der Waals surface area contributed by atoms with Gasteiger partial charge in [-0.05, 0) is 31.0 Å².